The first-order valence-corrected chi connectivity index (χ1v) is 8.50. The molecular formula is C18H22ClNS. The first-order valence-electron chi connectivity index (χ1n) is 7.14. The zero-order valence-corrected chi connectivity index (χ0v) is 14.4. The van der Waals surface area contributed by atoms with Crippen molar-refractivity contribution >= 4 is 23.4 Å². The maximum Gasteiger partial charge on any atom is 0.0410 e. The Morgan fingerprint density at radius 1 is 1.05 bits per heavy atom. The molecule has 2 aromatic rings. The average Bonchev–Trinajstić information content (AvgIpc) is 2.44. The summed E-state index contributed by atoms with van der Waals surface area (Å²) in [5.74, 6) is 0.977. The summed E-state index contributed by atoms with van der Waals surface area (Å²) < 4.78 is 0. The van der Waals surface area contributed by atoms with Crippen LogP contribution in [0.4, 0.5) is 0 Å². The molecule has 3 heteroatoms. The summed E-state index contributed by atoms with van der Waals surface area (Å²) in [6.45, 7) is 7.36. The minimum absolute atomic E-state index is 0.101. The van der Waals surface area contributed by atoms with Crippen LogP contribution in [0.5, 0.6) is 0 Å². The zero-order valence-electron chi connectivity index (χ0n) is 12.8. The van der Waals surface area contributed by atoms with Crippen LogP contribution in [0.1, 0.15) is 31.9 Å². The number of hydrogen-bond donors (Lipinski definition) is 1. The average molecular weight is 320 g/mol. The summed E-state index contributed by atoms with van der Waals surface area (Å²) >= 11 is 8.01. The Morgan fingerprint density at radius 2 is 1.76 bits per heavy atom. The maximum absolute atomic E-state index is 6.15. The molecule has 0 fully saturated rings. The molecule has 2 aromatic carbocycles. The van der Waals surface area contributed by atoms with Crippen molar-refractivity contribution in [2.24, 2.45) is 0 Å². The van der Waals surface area contributed by atoms with E-state index in [2.05, 4.69) is 68.6 Å². The van der Waals surface area contributed by atoms with Crippen molar-refractivity contribution in [3.63, 3.8) is 0 Å². The van der Waals surface area contributed by atoms with Crippen LogP contribution in [-0.2, 0) is 12.3 Å². The molecule has 0 aromatic heterocycles. The summed E-state index contributed by atoms with van der Waals surface area (Å²) in [7, 11) is 0. The van der Waals surface area contributed by atoms with Crippen molar-refractivity contribution in [3.8, 4) is 0 Å². The molecule has 0 aliphatic heterocycles. The van der Waals surface area contributed by atoms with Gasteiger partial charge in [-0.1, -0.05) is 41.9 Å². The fourth-order valence-electron chi connectivity index (χ4n) is 1.92. The quantitative estimate of drug-likeness (QED) is 0.728. The molecule has 0 spiro atoms. The van der Waals surface area contributed by atoms with Crippen molar-refractivity contribution in [2.75, 3.05) is 0 Å². The van der Waals surface area contributed by atoms with E-state index in [0.717, 1.165) is 17.3 Å². The molecule has 0 radical (unpaired) electrons. The summed E-state index contributed by atoms with van der Waals surface area (Å²) in [4.78, 5) is 1.29. The topological polar surface area (TPSA) is 12.0 Å². The summed E-state index contributed by atoms with van der Waals surface area (Å²) in [6, 6.07) is 16.7. The van der Waals surface area contributed by atoms with Crippen LogP contribution in [0.25, 0.3) is 0 Å². The highest BCUT2D eigenvalue weighted by molar-refractivity contribution is 7.98. The SMILES string of the molecule is CC(C)(C)NCc1cc(Cl)ccc1SCc1ccccc1. The summed E-state index contributed by atoms with van der Waals surface area (Å²) in [6.07, 6.45) is 0. The van der Waals surface area contributed by atoms with Gasteiger partial charge in [-0.05, 0) is 50.1 Å². The van der Waals surface area contributed by atoms with Gasteiger partial charge in [0, 0.05) is 27.8 Å². The first kappa shape index (κ1) is 16.4. The van der Waals surface area contributed by atoms with Crippen LogP contribution in [-0.4, -0.2) is 5.54 Å². The Labute approximate surface area is 137 Å². The lowest BCUT2D eigenvalue weighted by atomic mass is 10.1. The van der Waals surface area contributed by atoms with Gasteiger partial charge in [0.05, 0.1) is 0 Å². The molecule has 0 saturated heterocycles. The minimum atomic E-state index is 0.101. The number of nitrogens with one attached hydrogen (secondary N) is 1. The molecule has 0 amide bonds. The smallest absolute Gasteiger partial charge is 0.0410 e. The van der Waals surface area contributed by atoms with Gasteiger partial charge in [0.1, 0.15) is 0 Å². The van der Waals surface area contributed by atoms with Gasteiger partial charge in [-0.3, -0.25) is 0 Å². The zero-order chi connectivity index (χ0) is 15.3. The van der Waals surface area contributed by atoms with Gasteiger partial charge in [0.2, 0.25) is 0 Å². The number of halogens is 1. The third-order valence-corrected chi connectivity index (χ3v) is 4.49. The molecule has 0 heterocycles. The van der Waals surface area contributed by atoms with Gasteiger partial charge in [-0.25, -0.2) is 0 Å². The molecule has 0 atom stereocenters. The van der Waals surface area contributed by atoms with E-state index in [1.54, 1.807) is 0 Å². The van der Waals surface area contributed by atoms with Crippen LogP contribution in [0.2, 0.25) is 5.02 Å². The van der Waals surface area contributed by atoms with Gasteiger partial charge < -0.3 is 5.32 Å². The van der Waals surface area contributed by atoms with Crippen molar-refractivity contribution in [3.05, 3.63) is 64.7 Å². The lowest BCUT2D eigenvalue weighted by Crippen LogP contribution is -2.35. The van der Waals surface area contributed by atoms with Gasteiger partial charge in [0.15, 0.2) is 0 Å². The van der Waals surface area contributed by atoms with Crippen LogP contribution < -0.4 is 5.32 Å². The molecule has 0 aliphatic rings. The Balaban J connectivity index is 2.07. The van der Waals surface area contributed by atoms with Crippen LogP contribution in [0.15, 0.2) is 53.4 Å². The van der Waals surface area contributed by atoms with E-state index >= 15 is 0 Å². The Kier molecular flexibility index (Phi) is 5.74. The number of thioether (sulfide) groups is 1. The molecule has 0 aliphatic carbocycles. The van der Waals surface area contributed by atoms with Crippen LogP contribution >= 0.6 is 23.4 Å². The third kappa shape index (κ3) is 5.74. The molecule has 1 N–H and O–H groups in total. The second-order valence-corrected chi connectivity index (χ2v) is 7.58. The molecular weight excluding hydrogens is 298 g/mol. The van der Waals surface area contributed by atoms with Crippen LogP contribution in [0, 0.1) is 0 Å². The lowest BCUT2D eigenvalue weighted by molar-refractivity contribution is 0.422. The Morgan fingerprint density at radius 3 is 2.43 bits per heavy atom. The predicted octanol–water partition coefficient (Wildman–Crippen LogP) is 5.52. The standard InChI is InChI=1S/C18H22ClNS/c1-18(2,3)20-12-15-11-16(19)9-10-17(15)21-13-14-7-5-4-6-8-14/h4-11,20H,12-13H2,1-3H3. The first-order chi connectivity index (χ1) is 9.94. The van der Waals surface area contributed by atoms with Crippen LogP contribution in [0.3, 0.4) is 0 Å². The maximum atomic E-state index is 6.15. The molecule has 0 bridgehead atoms. The van der Waals surface area contributed by atoms with E-state index in [4.69, 9.17) is 11.6 Å². The van der Waals surface area contributed by atoms with E-state index in [9.17, 15) is 0 Å². The van der Waals surface area contributed by atoms with Crippen molar-refractivity contribution in [1.82, 2.24) is 5.32 Å². The van der Waals surface area contributed by atoms with E-state index in [0.29, 0.717) is 0 Å². The Bertz CT molecular complexity index is 576. The number of rotatable bonds is 5. The normalized spacial score (nSPS) is 11.6. The highest BCUT2D eigenvalue weighted by Gasteiger charge is 2.11. The van der Waals surface area contributed by atoms with Gasteiger partial charge in [-0.15, -0.1) is 11.8 Å². The monoisotopic (exact) mass is 319 g/mol. The van der Waals surface area contributed by atoms with Crippen molar-refractivity contribution < 1.29 is 0 Å². The molecule has 21 heavy (non-hydrogen) atoms. The molecule has 0 saturated carbocycles. The molecule has 1 nitrogen and oxygen atoms in total. The minimum Gasteiger partial charge on any atom is -0.308 e. The second-order valence-electron chi connectivity index (χ2n) is 6.13. The molecule has 0 unspecified atom stereocenters. The van der Waals surface area contributed by atoms with Crippen molar-refractivity contribution in [2.45, 2.75) is 43.5 Å². The van der Waals surface area contributed by atoms with Gasteiger partial charge in [0.25, 0.3) is 0 Å². The fraction of sp³-hybridized carbons (Fsp3) is 0.333. The summed E-state index contributed by atoms with van der Waals surface area (Å²) in [5.41, 5.74) is 2.70. The lowest BCUT2D eigenvalue weighted by Gasteiger charge is -2.21. The largest absolute Gasteiger partial charge is 0.308 e. The van der Waals surface area contributed by atoms with Gasteiger partial charge in [-0.2, -0.15) is 0 Å². The highest BCUT2D eigenvalue weighted by atomic mass is 35.5. The molecule has 112 valence electrons. The van der Waals surface area contributed by atoms with E-state index < -0.39 is 0 Å². The molecule has 2 rings (SSSR count). The third-order valence-electron chi connectivity index (χ3n) is 3.07. The van der Waals surface area contributed by atoms with Gasteiger partial charge >= 0.3 is 0 Å². The summed E-state index contributed by atoms with van der Waals surface area (Å²) in [5, 5.41) is 4.33. The van der Waals surface area contributed by atoms with E-state index in [-0.39, 0.29) is 5.54 Å². The number of hydrogen-bond acceptors (Lipinski definition) is 2. The van der Waals surface area contributed by atoms with E-state index in [1.165, 1.54) is 16.0 Å². The highest BCUT2D eigenvalue weighted by Crippen LogP contribution is 2.29. The predicted molar refractivity (Wildman–Crippen MR) is 94.0 cm³/mol. The van der Waals surface area contributed by atoms with E-state index in [1.807, 2.05) is 17.8 Å². The van der Waals surface area contributed by atoms with Crippen molar-refractivity contribution in [1.29, 1.82) is 0 Å². The Hall–Kier alpha value is -0.960. The number of benzene rings is 2. The fourth-order valence-corrected chi connectivity index (χ4v) is 3.11. The second kappa shape index (κ2) is 7.35.